The fourth-order valence-electron chi connectivity index (χ4n) is 3.66. The maximum atomic E-state index is 4.58. The van der Waals surface area contributed by atoms with E-state index in [2.05, 4.69) is 58.9 Å². The summed E-state index contributed by atoms with van der Waals surface area (Å²) in [4.78, 5) is 8.90. The van der Waals surface area contributed by atoms with Crippen molar-refractivity contribution in [2.45, 2.75) is 26.7 Å². The van der Waals surface area contributed by atoms with E-state index in [4.69, 9.17) is 0 Å². The van der Waals surface area contributed by atoms with Crippen molar-refractivity contribution in [3.05, 3.63) is 42.4 Å². The van der Waals surface area contributed by atoms with E-state index < -0.39 is 0 Å². The number of aryl methyl sites for hydroxylation is 2. The van der Waals surface area contributed by atoms with Gasteiger partial charge in [0.1, 0.15) is 5.82 Å². The first kappa shape index (κ1) is 14.9. The van der Waals surface area contributed by atoms with Crippen LogP contribution in [-0.4, -0.2) is 21.1 Å². The van der Waals surface area contributed by atoms with Crippen LogP contribution in [0.4, 0.5) is 5.82 Å². The standard InChI is InChI=1S/C20H22N4/c1-4-5-8-22-20-16-11-15-17-12-21-9-7-18(17)24(3)19(15)13(2)14(16)6-10-23-20/h6-7,9-12H,4-5,8H2,1-3H3,(H,22,23). The summed E-state index contributed by atoms with van der Waals surface area (Å²) in [6.07, 6.45) is 8.05. The van der Waals surface area contributed by atoms with Crippen LogP contribution in [0, 0.1) is 6.92 Å². The molecule has 0 unspecified atom stereocenters. The molecule has 0 saturated heterocycles. The summed E-state index contributed by atoms with van der Waals surface area (Å²) in [6, 6.07) is 6.46. The van der Waals surface area contributed by atoms with Crippen molar-refractivity contribution >= 4 is 38.4 Å². The number of benzene rings is 1. The van der Waals surface area contributed by atoms with Gasteiger partial charge in [0, 0.05) is 48.3 Å². The van der Waals surface area contributed by atoms with Gasteiger partial charge in [-0.3, -0.25) is 4.98 Å². The van der Waals surface area contributed by atoms with Crippen LogP contribution in [0.3, 0.4) is 0 Å². The number of anilines is 1. The molecule has 0 radical (unpaired) electrons. The molecule has 1 aromatic carbocycles. The normalized spacial score (nSPS) is 11.6. The predicted octanol–water partition coefficient (Wildman–Crippen LogP) is 4.80. The summed E-state index contributed by atoms with van der Waals surface area (Å²) in [6.45, 7) is 5.36. The van der Waals surface area contributed by atoms with Crippen LogP contribution in [0.2, 0.25) is 0 Å². The molecule has 4 nitrogen and oxygen atoms in total. The van der Waals surface area contributed by atoms with Gasteiger partial charge in [0.2, 0.25) is 0 Å². The van der Waals surface area contributed by atoms with Crippen LogP contribution in [0.5, 0.6) is 0 Å². The van der Waals surface area contributed by atoms with Crippen molar-refractivity contribution in [2.75, 3.05) is 11.9 Å². The molecular weight excluding hydrogens is 296 g/mol. The van der Waals surface area contributed by atoms with E-state index in [0.717, 1.165) is 18.8 Å². The Bertz CT molecular complexity index is 1050. The molecule has 4 heteroatoms. The third-order valence-corrected chi connectivity index (χ3v) is 4.90. The van der Waals surface area contributed by atoms with E-state index in [1.807, 2.05) is 18.6 Å². The van der Waals surface area contributed by atoms with Crippen LogP contribution in [0.1, 0.15) is 25.3 Å². The molecule has 0 aliphatic heterocycles. The van der Waals surface area contributed by atoms with Gasteiger partial charge in [-0.25, -0.2) is 4.98 Å². The lowest BCUT2D eigenvalue weighted by atomic mass is 10.0. The molecular formula is C20H22N4. The van der Waals surface area contributed by atoms with Gasteiger partial charge in [-0.1, -0.05) is 13.3 Å². The Balaban J connectivity index is 2.05. The van der Waals surface area contributed by atoms with Gasteiger partial charge in [-0.15, -0.1) is 0 Å². The molecule has 24 heavy (non-hydrogen) atoms. The highest BCUT2D eigenvalue weighted by Crippen LogP contribution is 2.36. The predicted molar refractivity (Wildman–Crippen MR) is 102 cm³/mol. The number of hydrogen-bond acceptors (Lipinski definition) is 3. The molecule has 4 aromatic rings. The molecule has 0 atom stereocenters. The average Bonchev–Trinajstić information content (AvgIpc) is 2.89. The zero-order chi connectivity index (χ0) is 16.7. The molecule has 3 aromatic heterocycles. The van der Waals surface area contributed by atoms with Gasteiger partial charge in [-0.05, 0) is 42.5 Å². The molecule has 1 N–H and O–H groups in total. The Labute approximate surface area is 141 Å². The van der Waals surface area contributed by atoms with Gasteiger partial charge in [0.15, 0.2) is 0 Å². The topological polar surface area (TPSA) is 42.7 Å². The average molecular weight is 318 g/mol. The summed E-state index contributed by atoms with van der Waals surface area (Å²) in [5.74, 6) is 0.979. The summed E-state index contributed by atoms with van der Waals surface area (Å²) in [5.41, 5.74) is 3.78. The lowest BCUT2D eigenvalue weighted by Crippen LogP contribution is -2.03. The van der Waals surface area contributed by atoms with Crippen LogP contribution < -0.4 is 5.32 Å². The molecule has 122 valence electrons. The lowest BCUT2D eigenvalue weighted by Gasteiger charge is -2.11. The van der Waals surface area contributed by atoms with E-state index in [-0.39, 0.29) is 0 Å². The molecule has 0 aliphatic rings. The van der Waals surface area contributed by atoms with Gasteiger partial charge >= 0.3 is 0 Å². The first-order valence-corrected chi connectivity index (χ1v) is 8.56. The molecule has 0 fully saturated rings. The summed E-state index contributed by atoms with van der Waals surface area (Å²) >= 11 is 0. The van der Waals surface area contributed by atoms with Crippen LogP contribution in [-0.2, 0) is 7.05 Å². The highest BCUT2D eigenvalue weighted by molar-refractivity contribution is 6.15. The SMILES string of the molecule is CCCCNc1nccc2c(C)c3c(cc12)c1cnccc1n3C. The third-order valence-electron chi connectivity index (χ3n) is 4.90. The van der Waals surface area contributed by atoms with E-state index in [9.17, 15) is 0 Å². The summed E-state index contributed by atoms with van der Waals surface area (Å²) in [5, 5.41) is 8.40. The number of pyridine rings is 2. The second kappa shape index (κ2) is 5.78. The molecule has 0 amide bonds. The number of unbranched alkanes of at least 4 members (excludes halogenated alkanes) is 1. The molecule has 3 heterocycles. The lowest BCUT2D eigenvalue weighted by molar-refractivity contribution is 0.832. The number of aromatic nitrogens is 3. The van der Waals surface area contributed by atoms with Crippen molar-refractivity contribution in [1.82, 2.24) is 14.5 Å². The van der Waals surface area contributed by atoms with Crippen LogP contribution in [0.25, 0.3) is 32.6 Å². The van der Waals surface area contributed by atoms with Crippen molar-refractivity contribution in [3.63, 3.8) is 0 Å². The van der Waals surface area contributed by atoms with E-state index in [1.165, 1.54) is 44.6 Å². The second-order valence-corrected chi connectivity index (χ2v) is 6.38. The van der Waals surface area contributed by atoms with Gasteiger partial charge in [-0.2, -0.15) is 0 Å². The second-order valence-electron chi connectivity index (χ2n) is 6.38. The number of rotatable bonds is 4. The smallest absolute Gasteiger partial charge is 0.133 e. The van der Waals surface area contributed by atoms with Crippen molar-refractivity contribution in [1.29, 1.82) is 0 Å². The Morgan fingerprint density at radius 1 is 1.08 bits per heavy atom. The zero-order valence-electron chi connectivity index (χ0n) is 14.4. The summed E-state index contributed by atoms with van der Waals surface area (Å²) in [7, 11) is 2.13. The maximum absolute atomic E-state index is 4.58. The highest BCUT2D eigenvalue weighted by Gasteiger charge is 2.14. The summed E-state index contributed by atoms with van der Waals surface area (Å²) < 4.78 is 2.27. The highest BCUT2D eigenvalue weighted by atomic mass is 15.0. The molecule has 0 aliphatic carbocycles. The quantitative estimate of drug-likeness (QED) is 0.550. The first-order valence-electron chi connectivity index (χ1n) is 8.56. The minimum atomic E-state index is 0.955. The van der Waals surface area contributed by atoms with Crippen molar-refractivity contribution in [3.8, 4) is 0 Å². The monoisotopic (exact) mass is 318 g/mol. The van der Waals surface area contributed by atoms with Gasteiger partial charge < -0.3 is 9.88 Å². The Morgan fingerprint density at radius 3 is 2.79 bits per heavy atom. The minimum Gasteiger partial charge on any atom is -0.370 e. The van der Waals surface area contributed by atoms with Crippen LogP contribution >= 0.6 is 0 Å². The van der Waals surface area contributed by atoms with E-state index in [0.29, 0.717) is 0 Å². The zero-order valence-corrected chi connectivity index (χ0v) is 14.4. The maximum Gasteiger partial charge on any atom is 0.133 e. The van der Waals surface area contributed by atoms with E-state index >= 15 is 0 Å². The largest absolute Gasteiger partial charge is 0.370 e. The first-order chi connectivity index (χ1) is 11.7. The fraction of sp³-hybridized carbons (Fsp3) is 0.300. The molecule has 4 rings (SSSR count). The minimum absolute atomic E-state index is 0.955. The number of hydrogen-bond donors (Lipinski definition) is 1. The van der Waals surface area contributed by atoms with Crippen LogP contribution in [0.15, 0.2) is 36.8 Å². The van der Waals surface area contributed by atoms with Crippen molar-refractivity contribution < 1.29 is 0 Å². The fourth-order valence-corrected chi connectivity index (χ4v) is 3.66. The Morgan fingerprint density at radius 2 is 1.96 bits per heavy atom. The van der Waals surface area contributed by atoms with Gasteiger partial charge in [0.25, 0.3) is 0 Å². The molecule has 0 bridgehead atoms. The number of nitrogens with zero attached hydrogens (tertiary/aromatic N) is 3. The molecule has 0 saturated carbocycles. The third kappa shape index (κ3) is 2.13. The van der Waals surface area contributed by atoms with Gasteiger partial charge in [0.05, 0.1) is 11.0 Å². The number of nitrogens with one attached hydrogen (secondary N) is 1. The molecule has 0 spiro atoms. The van der Waals surface area contributed by atoms with E-state index in [1.54, 1.807) is 0 Å². The Hall–Kier alpha value is -2.62. The Kier molecular flexibility index (Phi) is 3.60. The van der Waals surface area contributed by atoms with Crippen molar-refractivity contribution in [2.24, 2.45) is 7.05 Å². The number of fused-ring (bicyclic) bond motifs is 4.